The molecule has 1 unspecified atom stereocenters. The fraction of sp³-hybridized carbons (Fsp3) is 0.111. The predicted octanol–water partition coefficient (Wildman–Crippen LogP) is 2.00. The molecule has 7 nitrogen and oxygen atoms in total. The monoisotopic (exact) mass is 294 g/mol. The highest BCUT2D eigenvalue weighted by molar-refractivity contribution is 7.60. The minimum absolute atomic E-state index is 0.0397. The van der Waals surface area contributed by atoms with Crippen LogP contribution in [0.3, 0.4) is 0 Å². The summed E-state index contributed by atoms with van der Waals surface area (Å²) >= 11 is 0. The molecule has 9 heteroatoms. The highest BCUT2D eigenvalue weighted by Crippen LogP contribution is 2.57. The molecule has 1 aromatic rings. The summed E-state index contributed by atoms with van der Waals surface area (Å²) < 4.78 is 29.8. The minimum Gasteiger partial charge on any atom is -0.404 e. The Kier molecular flexibility index (Phi) is 4.87. The van der Waals surface area contributed by atoms with Crippen molar-refractivity contribution < 1.29 is 32.6 Å². The van der Waals surface area contributed by atoms with Gasteiger partial charge < -0.3 is 14.3 Å². The van der Waals surface area contributed by atoms with E-state index < -0.39 is 15.6 Å². The molecule has 0 heterocycles. The van der Waals surface area contributed by atoms with Crippen LogP contribution < -0.4 is 4.52 Å². The highest BCUT2D eigenvalue weighted by atomic mass is 31.3. The van der Waals surface area contributed by atoms with Crippen LogP contribution in [0, 0.1) is 0 Å². The number of benzene rings is 1. The molecule has 0 amide bonds. The van der Waals surface area contributed by atoms with Crippen LogP contribution in [-0.2, 0) is 19.9 Å². The maximum atomic E-state index is 11.2. The smallest absolute Gasteiger partial charge is 0.404 e. The highest BCUT2D eigenvalue weighted by Gasteiger charge is 2.33. The molecule has 0 fully saturated rings. The molecule has 1 aromatic carbocycles. The predicted molar refractivity (Wildman–Crippen MR) is 63.9 cm³/mol. The van der Waals surface area contributed by atoms with Gasteiger partial charge in [-0.2, -0.15) is 4.31 Å². The molecule has 0 radical (unpaired) electrons. The van der Waals surface area contributed by atoms with Gasteiger partial charge in [0.25, 0.3) is 0 Å². The van der Waals surface area contributed by atoms with E-state index in [2.05, 4.69) is 15.4 Å². The van der Waals surface area contributed by atoms with Crippen molar-refractivity contribution in [3.8, 4) is 5.75 Å². The zero-order valence-corrected chi connectivity index (χ0v) is 11.0. The molecule has 0 saturated carbocycles. The van der Waals surface area contributed by atoms with Crippen LogP contribution in [0.1, 0.15) is 5.56 Å². The SMILES string of the molecule is C=CCc1ccc(OP(=O)(O)OP(=O)(O)O)cc1. The van der Waals surface area contributed by atoms with E-state index >= 15 is 0 Å². The lowest BCUT2D eigenvalue weighted by Gasteiger charge is -2.13. The summed E-state index contributed by atoms with van der Waals surface area (Å²) in [5.41, 5.74) is 0.904. The van der Waals surface area contributed by atoms with Crippen LogP contribution in [0.5, 0.6) is 5.75 Å². The van der Waals surface area contributed by atoms with Gasteiger partial charge in [0.05, 0.1) is 0 Å². The van der Waals surface area contributed by atoms with E-state index in [1.807, 2.05) is 0 Å². The summed E-state index contributed by atoms with van der Waals surface area (Å²) in [5, 5.41) is 0. The van der Waals surface area contributed by atoms with Crippen LogP contribution in [0.4, 0.5) is 0 Å². The van der Waals surface area contributed by atoms with Gasteiger partial charge in [0.2, 0.25) is 0 Å². The first kappa shape index (κ1) is 15.1. The van der Waals surface area contributed by atoms with Gasteiger partial charge in [0.15, 0.2) is 0 Å². The van der Waals surface area contributed by atoms with Crippen molar-refractivity contribution in [3.05, 3.63) is 42.5 Å². The standard InChI is InChI=1S/C9H12O7P2/c1-2-3-8-4-6-9(7-5-8)15-18(13,14)16-17(10,11)12/h2,4-7H,1,3H2,(H,13,14)(H2,10,11,12). The van der Waals surface area contributed by atoms with Gasteiger partial charge in [-0.3, -0.25) is 4.89 Å². The van der Waals surface area contributed by atoms with E-state index in [4.69, 9.17) is 14.7 Å². The minimum atomic E-state index is -5.10. The van der Waals surface area contributed by atoms with Gasteiger partial charge in [-0.05, 0) is 24.1 Å². The van der Waals surface area contributed by atoms with Crippen molar-refractivity contribution in [3.63, 3.8) is 0 Å². The van der Waals surface area contributed by atoms with Gasteiger partial charge in [0, 0.05) is 0 Å². The van der Waals surface area contributed by atoms with Crippen molar-refractivity contribution in [1.29, 1.82) is 0 Å². The lowest BCUT2D eigenvalue weighted by atomic mass is 10.1. The number of hydrogen-bond acceptors (Lipinski definition) is 4. The molecule has 0 aromatic heterocycles. The van der Waals surface area contributed by atoms with Crippen molar-refractivity contribution in [1.82, 2.24) is 0 Å². The molecular formula is C9H12O7P2. The average molecular weight is 294 g/mol. The molecule has 0 aliphatic rings. The Bertz CT molecular complexity index is 504. The molecule has 3 N–H and O–H groups in total. The Morgan fingerprint density at radius 3 is 2.17 bits per heavy atom. The van der Waals surface area contributed by atoms with Crippen molar-refractivity contribution >= 4 is 15.6 Å². The molecule has 0 bridgehead atoms. The van der Waals surface area contributed by atoms with Gasteiger partial charge >= 0.3 is 15.6 Å². The Balaban J connectivity index is 2.75. The second-order valence-corrected chi connectivity index (χ2v) is 6.02. The van der Waals surface area contributed by atoms with Gasteiger partial charge in [-0.1, -0.05) is 18.2 Å². The van der Waals surface area contributed by atoms with E-state index in [9.17, 15) is 9.13 Å². The summed E-state index contributed by atoms with van der Waals surface area (Å²) in [4.78, 5) is 25.9. The topological polar surface area (TPSA) is 113 Å². The fourth-order valence-corrected chi connectivity index (χ4v) is 2.73. The van der Waals surface area contributed by atoms with Crippen LogP contribution in [0.2, 0.25) is 0 Å². The zero-order chi connectivity index (χ0) is 13.8. The largest absolute Gasteiger partial charge is 0.536 e. The van der Waals surface area contributed by atoms with Gasteiger partial charge in [-0.15, -0.1) is 6.58 Å². The molecule has 0 saturated heterocycles. The third-order valence-corrected chi connectivity index (χ3v) is 3.85. The summed E-state index contributed by atoms with van der Waals surface area (Å²) in [6.45, 7) is 3.56. The van der Waals surface area contributed by atoms with Crippen molar-refractivity contribution in [2.75, 3.05) is 0 Å². The van der Waals surface area contributed by atoms with E-state index in [1.54, 1.807) is 18.2 Å². The summed E-state index contributed by atoms with van der Waals surface area (Å²) in [7, 11) is -9.95. The summed E-state index contributed by atoms with van der Waals surface area (Å²) in [6.07, 6.45) is 2.31. The second kappa shape index (κ2) is 5.80. The molecule has 0 aliphatic carbocycles. The number of phosphoric acid groups is 2. The molecule has 18 heavy (non-hydrogen) atoms. The molecule has 0 spiro atoms. The number of rotatable bonds is 6. The van der Waals surface area contributed by atoms with E-state index in [0.29, 0.717) is 6.42 Å². The first-order valence-corrected chi connectivity index (χ1v) is 7.73. The third-order valence-electron chi connectivity index (χ3n) is 1.73. The third kappa shape index (κ3) is 5.60. The van der Waals surface area contributed by atoms with Crippen molar-refractivity contribution in [2.24, 2.45) is 0 Å². The maximum absolute atomic E-state index is 11.2. The first-order chi connectivity index (χ1) is 8.22. The lowest BCUT2D eigenvalue weighted by Crippen LogP contribution is -1.96. The zero-order valence-electron chi connectivity index (χ0n) is 9.17. The van der Waals surface area contributed by atoms with E-state index in [-0.39, 0.29) is 5.75 Å². The lowest BCUT2D eigenvalue weighted by molar-refractivity contribution is 0.229. The number of hydrogen-bond donors (Lipinski definition) is 3. The Hall–Kier alpha value is -0.940. The van der Waals surface area contributed by atoms with Crippen LogP contribution in [-0.4, -0.2) is 14.7 Å². The van der Waals surface area contributed by atoms with E-state index in [1.165, 1.54) is 12.1 Å². The normalized spacial score (nSPS) is 14.8. The average Bonchev–Trinajstić information content (AvgIpc) is 2.17. The summed E-state index contributed by atoms with van der Waals surface area (Å²) in [5.74, 6) is -0.0397. The molecule has 1 atom stereocenters. The van der Waals surface area contributed by atoms with Crippen LogP contribution in [0.25, 0.3) is 0 Å². The van der Waals surface area contributed by atoms with Gasteiger partial charge in [-0.25, -0.2) is 9.13 Å². The van der Waals surface area contributed by atoms with Gasteiger partial charge in [0.1, 0.15) is 5.75 Å². The van der Waals surface area contributed by atoms with Crippen LogP contribution in [0.15, 0.2) is 36.9 Å². The van der Waals surface area contributed by atoms with Crippen LogP contribution >= 0.6 is 15.6 Å². The Labute approximate surface area is 104 Å². The van der Waals surface area contributed by atoms with Crippen molar-refractivity contribution in [2.45, 2.75) is 6.42 Å². The van der Waals surface area contributed by atoms with E-state index in [0.717, 1.165) is 5.56 Å². The maximum Gasteiger partial charge on any atom is 0.536 e. The summed E-state index contributed by atoms with van der Waals surface area (Å²) in [6, 6.07) is 6.00. The molecule has 0 aliphatic heterocycles. The number of phosphoric ester groups is 1. The second-order valence-electron chi connectivity index (χ2n) is 3.27. The Morgan fingerprint density at radius 2 is 1.72 bits per heavy atom. The molecule has 100 valence electrons. The molecule has 1 rings (SSSR count). The Morgan fingerprint density at radius 1 is 1.17 bits per heavy atom. The first-order valence-electron chi connectivity index (χ1n) is 4.71. The molecular weight excluding hydrogens is 282 g/mol. The quantitative estimate of drug-likeness (QED) is 0.543. The number of allylic oxidation sites excluding steroid dienone is 1. The fourth-order valence-electron chi connectivity index (χ4n) is 1.14.